The summed E-state index contributed by atoms with van der Waals surface area (Å²) in [6.45, 7) is 0. The maximum Gasteiger partial charge on any atom is 1.00 e. The number of nitrogens with two attached hydrogens (primary N) is 1. The van der Waals surface area contributed by atoms with Gasteiger partial charge in [-0.1, -0.05) is 18.2 Å². The number of benzene rings is 1. The molecule has 108 valence electrons. The van der Waals surface area contributed by atoms with Crippen LogP contribution in [-0.2, 0) is 15.2 Å². The number of aliphatic hydroxyl groups is 1. The second-order valence-electron chi connectivity index (χ2n) is 4.08. The van der Waals surface area contributed by atoms with Gasteiger partial charge in [0.1, 0.15) is 6.04 Å². The predicted molar refractivity (Wildman–Crippen MR) is 68.4 cm³/mol. The molecule has 0 spiro atoms. The van der Waals surface area contributed by atoms with E-state index >= 15 is 0 Å². The molecule has 5 N–H and O–H groups in total. The van der Waals surface area contributed by atoms with E-state index in [1.165, 1.54) is 0 Å². The third kappa shape index (κ3) is 4.22. The molecule has 0 aromatic heterocycles. The first-order valence-corrected chi connectivity index (χ1v) is 5.43. The third-order valence-electron chi connectivity index (χ3n) is 2.83. The van der Waals surface area contributed by atoms with Crippen LogP contribution in [0.2, 0.25) is 0 Å². The van der Waals surface area contributed by atoms with Gasteiger partial charge in [0, 0.05) is 17.7 Å². The first-order valence-electron chi connectivity index (χ1n) is 5.43. The number of aliphatic carboxylic acids is 1. The van der Waals surface area contributed by atoms with Gasteiger partial charge in [-0.2, -0.15) is 0 Å². The van der Waals surface area contributed by atoms with Crippen molar-refractivity contribution in [3.8, 4) is 0 Å². The fourth-order valence-corrected chi connectivity index (χ4v) is 1.91. The first kappa shape index (κ1) is 19.5. The number of carboxylic acids is 1. The standard InChI is InChI=1S/C11H12N2O4.HNO2.Na/c12-7(9(14)15)5-11(17)6-3-1-2-4-8(6)13-10(11)16;2-1-3;/h1-4,7,17H,5,12H2,(H,13,16)(H,14,15);(H,2,3);/q;;+1/p-1. The van der Waals surface area contributed by atoms with Crippen LogP contribution in [0, 0.1) is 10.1 Å². The Balaban J connectivity index is 0.000000922. The van der Waals surface area contributed by atoms with Crippen LogP contribution >= 0.6 is 0 Å². The first-order chi connectivity index (χ1) is 9.36. The molecular formula is C11H12N3NaO6. The minimum absolute atomic E-state index is 0. The van der Waals surface area contributed by atoms with Gasteiger partial charge < -0.3 is 31.4 Å². The van der Waals surface area contributed by atoms with Crippen molar-refractivity contribution >= 4 is 17.6 Å². The predicted octanol–water partition coefficient (Wildman–Crippen LogP) is -3.12. The number of amides is 1. The zero-order valence-electron chi connectivity index (χ0n) is 11.1. The molecule has 10 heteroatoms. The second-order valence-corrected chi connectivity index (χ2v) is 4.08. The van der Waals surface area contributed by atoms with Gasteiger partial charge in [0.2, 0.25) is 0 Å². The molecule has 0 radical (unpaired) electrons. The van der Waals surface area contributed by atoms with Gasteiger partial charge in [-0.25, -0.2) is 0 Å². The van der Waals surface area contributed by atoms with Crippen molar-refractivity contribution in [1.29, 1.82) is 0 Å². The number of nitrogens with one attached hydrogen (secondary N) is 1. The molecule has 2 rings (SSSR count). The number of para-hydroxylation sites is 1. The zero-order valence-corrected chi connectivity index (χ0v) is 13.1. The monoisotopic (exact) mass is 305 g/mol. The van der Waals surface area contributed by atoms with E-state index in [0.29, 0.717) is 11.3 Å². The molecule has 0 aliphatic carbocycles. The molecule has 0 saturated heterocycles. The Hall–Kier alpha value is -1.52. The number of carbonyl (C=O) groups excluding carboxylic acids is 1. The Bertz CT molecular complexity index is 540. The number of carboxylic acid groups (broad SMARTS) is 1. The van der Waals surface area contributed by atoms with Crippen molar-refractivity contribution in [3.63, 3.8) is 0 Å². The Labute approximate surface area is 141 Å². The number of nitrogens with zero attached hydrogens (tertiary/aromatic N) is 1. The van der Waals surface area contributed by atoms with Crippen molar-refractivity contribution in [2.24, 2.45) is 11.1 Å². The van der Waals surface area contributed by atoms with Crippen molar-refractivity contribution in [3.05, 3.63) is 39.9 Å². The van der Waals surface area contributed by atoms with E-state index < -0.39 is 23.5 Å². The molecule has 1 heterocycles. The molecule has 1 aromatic rings. The normalized spacial score (nSPS) is 20.0. The van der Waals surface area contributed by atoms with Crippen LogP contribution in [0.15, 0.2) is 29.6 Å². The summed E-state index contributed by atoms with van der Waals surface area (Å²) in [6.07, 6.45) is -0.356. The fraction of sp³-hybridized carbons (Fsp3) is 0.273. The van der Waals surface area contributed by atoms with Crippen molar-refractivity contribution < 1.29 is 49.4 Å². The molecule has 21 heavy (non-hydrogen) atoms. The summed E-state index contributed by atoms with van der Waals surface area (Å²) >= 11 is 0. The SMILES string of the molecule is NC(CC1(O)C(=O)Nc2ccccc21)C(=O)O.O=N[O-].[Na+]. The smallest absolute Gasteiger partial charge is 0.480 e. The Morgan fingerprint density at radius 1 is 1.48 bits per heavy atom. The Kier molecular flexibility index (Phi) is 7.47. The summed E-state index contributed by atoms with van der Waals surface area (Å²) in [5.74, 6) is -1.90. The van der Waals surface area contributed by atoms with E-state index in [1.807, 2.05) is 0 Å². The van der Waals surface area contributed by atoms with Crippen molar-refractivity contribution in [2.45, 2.75) is 18.1 Å². The molecule has 1 aliphatic heterocycles. The minimum atomic E-state index is -1.87. The largest absolute Gasteiger partial charge is 1.00 e. The molecule has 1 aliphatic rings. The van der Waals surface area contributed by atoms with Crippen LogP contribution in [0.3, 0.4) is 0 Å². The van der Waals surface area contributed by atoms with Crippen LogP contribution in [0.1, 0.15) is 12.0 Å². The summed E-state index contributed by atoms with van der Waals surface area (Å²) in [7, 11) is 0. The van der Waals surface area contributed by atoms with Gasteiger partial charge in [-0.15, -0.1) is 5.34 Å². The van der Waals surface area contributed by atoms with Crippen LogP contribution in [0.25, 0.3) is 0 Å². The number of hydrogen-bond acceptors (Lipinski definition) is 7. The molecule has 9 nitrogen and oxygen atoms in total. The Morgan fingerprint density at radius 2 is 2.00 bits per heavy atom. The maximum absolute atomic E-state index is 11.7. The molecule has 2 atom stereocenters. The van der Waals surface area contributed by atoms with E-state index in [4.69, 9.17) is 21.0 Å². The van der Waals surface area contributed by atoms with Crippen LogP contribution in [0.5, 0.6) is 0 Å². The van der Waals surface area contributed by atoms with Gasteiger partial charge in [-0.05, 0) is 6.07 Å². The Morgan fingerprint density at radius 3 is 2.52 bits per heavy atom. The molecule has 0 bridgehead atoms. The van der Waals surface area contributed by atoms with Gasteiger partial charge in [0.05, 0.1) is 0 Å². The van der Waals surface area contributed by atoms with Crippen LogP contribution < -0.4 is 40.6 Å². The minimum Gasteiger partial charge on any atom is -0.480 e. The molecular weight excluding hydrogens is 293 g/mol. The van der Waals surface area contributed by atoms with Gasteiger partial charge >= 0.3 is 35.5 Å². The third-order valence-corrected chi connectivity index (χ3v) is 2.83. The summed E-state index contributed by atoms with van der Waals surface area (Å²) in [4.78, 5) is 30.4. The molecule has 1 aromatic carbocycles. The average Bonchev–Trinajstić information content (AvgIpc) is 2.63. The number of hydrogen-bond donors (Lipinski definition) is 4. The number of rotatable bonds is 3. The van der Waals surface area contributed by atoms with E-state index in [1.54, 1.807) is 24.3 Å². The van der Waals surface area contributed by atoms with Crippen LogP contribution in [0.4, 0.5) is 5.69 Å². The number of carbonyl (C=O) groups is 2. The summed E-state index contributed by atoms with van der Waals surface area (Å²) in [5, 5.41) is 30.5. The van der Waals surface area contributed by atoms with Crippen LogP contribution in [-0.4, -0.2) is 28.1 Å². The number of fused-ring (bicyclic) bond motifs is 1. The molecule has 0 saturated carbocycles. The summed E-state index contributed by atoms with van der Waals surface area (Å²) in [6, 6.07) is 5.29. The topological polar surface area (TPSA) is 165 Å². The zero-order chi connectivity index (χ0) is 15.3. The summed E-state index contributed by atoms with van der Waals surface area (Å²) in [5.41, 5.74) is 4.34. The maximum atomic E-state index is 11.7. The van der Waals surface area contributed by atoms with E-state index in [-0.39, 0.29) is 36.0 Å². The second kappa shape index (κ2) is 8.05. The number of anilines is 1. The molecule has 0 fully saturated rings. The van der Waals surface area contributed by atoms with Crippen molar-refractivity contribution in [1.82, 2.24) is 0 Å². The fourth-order valence-electron chi connectivity index (χ4n) is 1.91. The van der Waals surface area contributed by atoms with E-state index in [2.05, 4.69) is 5.32 Å². The van der Waals surface area contributed by atoms with Crippen molar-refractivity contribution in [2.75, 3.05) is 5.32 Å². The van der Waals surface area contributed by atoms with Gasteiger partial charge in [-0.3, -0.25) is 9.59 Å². The molecule has 2 unspecified atom stereocenters. The average molecular weight is 305 g/mol. The quantitative estimate of drug-likeness (QED) is 0.260. The van der Waals surface area contributed by atoms with E-state index in [0.717, 1.165) is 5.34 Å². The molecule has 1 amide bonds. The van der Waals surface area contributed by atoms with E-state index in [9.17, 15) is 14.7 Å². The van der Waals surface area contributed by atoms with Gasteiger partial charge in [0.15, 0.2) is 5.60 Å². The summed E-state index contributed by atoms with van der Waals surface area (Å²) < 4.78 is 0. The van der Waals surface area contributed by atoms with Gasteiger partial charge in [0.25, 0.3) is 5.91 Å².